The fraction of sp³-hybridized carbons (Fsp3) is 0.278. The zero-order chi connectivity index (χ0) is 17.7. The fourth-order valence-corrected chi connectivity index (χ4v) is 2.45. The molecule has 0 radical (unpaired) electrons. The molecule has 0 saturated heterocycles. The first-order chi connectivity index (χ1) is 11.4. The van der Waals surface area contributed by atoms with Gasteiger partial charge < -0.3 is 15.4 Å². The second-order valence-electron chi connectivity index (χ2n) is 5.72. The molecule has 126 valence electrons. The Hall–Kier alpha value is -2.89. The highest BCUT2D eigenvalue weighted by molar-refractivity contribution is 5.87. The number of hydrogen-bond donors (Lipinski definition) is 3. The first-order valence-corrected chi connectivity index (χ1v) is 7.65. The van der Waals surface area contributed by atoms with Crippen LogP contribution in [0.3, 0.4) is 0 Å². The van der Waals surface area contributed by atoms with Gasteiger partial charge in [0.25, 0.3) is 5.56 Å². The van der Waals surface area contributed by atoms with Crippen LogP contribution in [0.15, 0.2) is 35.1 Å². The van der Waals surface area contributed by atoms with Gasteiger partial charge in [-0.25, -0.2) is 4.79 Å². The van der Waals surface area contributed by atoms with E-state index in [0.29, 0.717) is 12.0 Å². The molecule has 1 aromatic carbocycles. The zero-order valence-electron chi connectivity index (χ0n) is 13.7. The number of carboxylic acid groups (broad SMARTS) is 1. The normalized spacial score (nSPS) is 10.4. The second kappa shape index (κ2) is 7.59. The number of hydrogen-bond acceptors (Lipinski definition) is 3. The predicted molar refractivity (Wildman–Crippen MR) is 90.1 cm³/mol. The van der Waals surface area contributed by atoms with E-state index < -0.39 is 5.97 Å². The van der Waals surface area contributed by atoms with Gasteiger partial charge in [-0.3, -0.25) is 9.59 Å². The van der Waals surface area contributed by atoms with Crippen molar-refractivity contribution >= 4 is 11.9 Å². The van der Waals surface area contributed by atoms with E-state index in [9.17, 15) is 14.4 Å². The van der Waals surface area contributed by atoms with Crippen LogP contribution in [0.4, 0.5) is 0 Å². The van der Waals surface area contributed by atoms with Gasteiger partial charge in [-0.05, 0) is 49.6 Å². The number of pyridine rings is 1. The standard InChI is InChI=1S/C18H20N2O4/c1-11-9-12(2)20-17(22)15(11)10-19-16(21)8-5-13-3-6-14(7-4-13)18(23)24/h3-4,6-7,9H,5,8,10H2,1-2H3,(H,19,21)(H,20,22)(H,23,24). The number of rotatable bonds is 6. The Balaban J connectivity index is 1.88. The number of carboxylic acids is 1. The lowest BCUT2D eigenvalue weighted by molar-refractivity contribution is -0.121. The lowest BCUT2D eigenvalue weighted by Crippen LogP contribution is -2.28. The number of carbonyl (C=O) groups excluding carboxylic acids is 1. The van der Waals surface area contributed by atoms with E-state index in [1.54, 1.807) is 12.1 Å². The van der Waals surface area contributed by atoms with Crippen molar-refractivity contribution in [3.63, 3.8) is 0 Å². The SMILES string of the molecule is Cc1cc(C)c(CNC(=O)CCc2ccc(C(=O)O)cc2)c(=O)[nH]1. The molecule has 0 saturated carbocycles. The van der Waals surface area contributed by atoms with E-state index >= 15 is 0 Å². The first-order valence-electron chi connectivity index (χ1n) is 7.65. The van der Waals surface area contributed by atoms with Gasteiger partial charge in [0, 0.05) is 24.2 Å². The molecule has 3 N–H and O–H groups in total. The molecular weight excluding hydrogens is 308 g/mol. The third-order valence-electron chi connectivity index (χ3n) is 3.80. The second-order valence-corrected chi connectivity index (χ2v) is 5.72. The van der Waals surface area contributed by atoms with Crippen LogP contribution in [0.2, 0.25) is 0 Å². The number of benzene rings is 1. The lowest BCUT2D eigenvalue weighted by Gasteiger charge is -2.08. The maximum Gasteiger partial charge on any atom is 0.335 e. The van der Waals surface area contributed by atoms with E-state index in [1.165, 1.54) is 12.1 Å². The highest BCUT2D eigenvalue weighted by Crippen LogP contribution is 2.07. The van der Waals surface area contributed by atoms with Crippen molar-refractivity contribution in [2.45, 2.75) is 33.2 Å². The van der Waals surface area contributed by atoms with E-state index in [0.717, 1.165) is 16.8 Å². The summed E-state index contributed by atoms with van der Waals surface area (Å²) in [6.45, 7) is 3.85. The Morgan fingerprint density at radius 3 is 2.42 bits per heavy atom. The van der Waals surface area contributed by atoms with Crippen molar-refractivity contribution in [1.82, 2.24) is 10.3 Å². The van der Waals surface area contributed by atoms with E-state index in [-0.39, 0.29) is 30.0 Å². The van der Waals surface area contributed by atoms with Crippen LogP contribution in [-0.4, -0.2) is 22.0 Å². The summed E-state index contributed by atoms with van der Waals surface area (Å²) in [6, 6.07) is 8.31. The third-order valence-corrected chi connectivity index (χ3v) is 3.80. The number of aromatic carboxylic acids is 1. The number of aryl methyl sites for hydroxylation is 3. The maximum absolute atomic E-state index is 11.9. The molecule has 0 aliphatic rings. The summed E-state index contributed by atoms with van der Waals surface area (Å²) in [4.78, 5) is 37.3. The first kappa shape index (κ1) is 17.5. The Morgan fingerprint density at radius 2 is 1.83 bits per heavy atom. The zero-order valence-corrected chi connectivity index (χ0v) is 13.7. The van der Waals surface area contributed by atoms with Gasteiger partial charge in [0.1, 0.15) is 0 Å². The molecular formula is C18H20N2O4. The van der Waals surface area contributed by atoms with Gasteiger partial charge in [0.2, 0.25) is 5.91 Å². The molecule has 2 rings (SSSR count). The highest BCUT2D eigenvalue weighted by Gasteiger charge is 2.08. The Bertz CT molecular complexity index is 807. The molecule has 0 unspecified atom stereocenters. The molecule has 1 amide bonds. The number of H-pyrrole nitrogens is 1. The summed E-state index contributed by atoms with van der Waals surface area (Å²) >= 11 is 0. The molecule has 0 fully saturated rings. The van der Waals surface area contributed by atoms with E-state index in [2.05, 4.69) is 10.3 Å². The summed E-state index contributed by atoms with van der Waals surface area (Å²) in [5.74, 6) is -1.13. The summed E-state index contributed by atoms with van der Waals surface area (Å²) in [5, 5.41) is 11.6. The van der Waals surface area contributed by atoms with Crippen LogP contribution in [0.1, 0.15) is 39.2 Å². The fourth-order valence-electron chi connectivity index (χ4n) is 2.45. The summed E-state index contributed by atoms with van der Waals surface area (Å²) in [6.07, 6.45) is 0.782. The number of nitrogens with one attached hydrogen (secondary N) is 2. The van der Waals surface area contributed by atoms with Gasteiger partial charge in [0.15, 0.2) is 0 Å². The van der Waals surface area contributed by atoms with Crippen LogP contribution >= 0.6 is 0 Å². The van der Waals surface area contributed by atoms with Gasteiger partial charge >= 0.3 is 5.97 Å². The minimum absolute atomic E-state index is 0.156. The van der Waals surface area contributed by atoms with Gasteiger partial charge in [-0.1, -0.05) is 12.1 Å². The average molecular weight is 328 g/mol. The Morgan fingerprint density at radius 1 is 1.17 bits per heavy atom. The largest absolute Gasteiger partial charge is 0.478 e. The number of aromatic nitrogens is 1. The van der Waals surface area contributed by atoms with Crippen molar-refractivity contribution in [2.75, 3.05) is 0 Å². The van der Waals surface area contributed by atoms with Gasteiger partial charge in [0.05, 0.1) is 5.56 Å². The monoisotopic (exact) mass is 328 g/mol. The van der Waals surface area contributed by atoms with Crippen LogP contribution < -0.4 is 10.9 Å². The average Bonchev–Trinajstić information content (AvgIpc) is 2.52. The lowest BCUT2D eigenvalue weighted by atomic mass is 10.1. The molecule has 6 nitrogen and oxygen atoms in total. The van der Waals surface area contributed by atoms with E-state index in [1.807, 2.05) is 19.9 Å². The molecule has 24 heavy (non-hydrogen) atoms. The minimum Gasteiger partial charge on any atom is -0.478 e. The van der Waals surface area contributed by atoms with Crippen molar-refractivity contribution < 1.29 is 14.7 Å². The predicted octanol–water partition coefficient (Wildman–Crippen LogP) is 1.94. The summed E-state index contributed by atoms with van der Waals surface area (Å²) < 4.78 is 0. The summed E-state index contributed by atoms with van der Waals surface area (Å²) in [5.41, 5.74) is 3.12. The minimum atomic E-state index is -0.974. The van der Waals surface area contributed by atoms with E-state index in [4.69, 9.17) is 5.11 Å². The van der Waals surface area contributed by atoms with Gasteiger partial charge in [-0.2, -0.15) is 0 Å². The molecule has 6 heteroatoms. The molecule has 1 heterocycles. The topological polar surface area (TPSA) is 99.3 Å². The smallest absolute Gasteiger partial charge is 0.335 e. The van der Waals surface area contributed by atoms with Crippen molar-refractivity contribution in [2.24, 2.45) is 0 Å². The molecule has 1 aromatic heterocycles. The van der Waals surface area contributed by atoms with Crippen LogP contribution in [0.5, 0.6) is 0 Å². The third kappa shape index (κ3) is 4.55. The highest BCUT2D eigenvalue weighted by atomic mass is 16.4. The van der Waals surface area contributed by atoms with Crippen molar-refractivity contribution in [1.29, 1.82) is 0 Å². The van der Waals surface area contributed by atoms with Crippen molar-refractivity contribution in [3.05, 3.63) is 68.6 Å². The van der Waals surface area contributed by atoms with Gasteiger partial charge in [-0.15, -0.1) is 0 Å². The van der Waals surface area contributed by atoms with Crippen molar-refractivity contribution in [3.8, 4) is 0 Å². The Labute approximate surface area is 139 Å². The van der Waals surface area contributed by atoms with Crippen LogP contribution in [0.25, 0.3) is 0 Å². The van der Waals surface area contributed by atoms with Crippen LogP contribution in [-0.2, 0) is 17.8 Å². The number of amides is 1. The molecule has 2 aromatic rings. The number of carbonyl (C=O) groups is 2. The van der Waals surface area contributed by atoms with Crippen LogP contribution in [0, 0.1) is 13.8 Å². The molecule has 0 aliphatic heterocycles. The maximum atomic E-state index is 11.9. The molecule has 0 aliphatic carbocycles. The summed E-state index contributed by atoms with van der Waals surface area (Å²) in [7, 11) is 0. The number of aromatic amines is 1. The molecule has 0 atom stereocenters. The quantitative estimate of drug-likeness (QED) is 0.754. The Kier molecular flexibility index (Phi) is 5.52. The molecule has 0 spiro atoms. The molecule has 0 bridgehead atoms.